The third-order valence-electron chi connectivity index (χ3n) is 5.80. The average Bonchev–Trinajstić information content (AvgIpc) is 2.59. The van der Waals surface area contributed by atoms with Crippen LogP contribution in [-0.4, -0.2) is 24.4 Å². The molecule has 2 bridgehead atoms. The van der Waals surface area contributed by atoms with E-state index in [2.05, 4.69) is 10.6 Å². The molecule has 4 N–H and O–H groups in total. The Hall–Kier alpha value is -1.30. The van der Waals surface area contributed by atoms with Gasteiger partial charge < -0.3 is 16.4 Å². The van der Waals surface area contributed by atoms with Gasteiger partial charge in [-0.25, -0.2) is 0 Å². The molecule has 2 aliphatic carbocycles. The number of rotatable bonds is 5. The van der Waals surface area contributed by atoms with Crippen LogP contribution in [0.25, 0.3) is 0 Å². The quantitative estimate of drug-likeness (QED) is 0.681. The fourth-order valence-electron chi connectivity index (χ4n) is 4.36. The SMILES string of the molecule is CCCNC(=O)c1ccc(NC(=O)C2CC3CCCC(C2)C3N)cc1Cl.Cl. The Labute approximate surface area is 172 Å². The number of halogens is 2. The van der Waals surface area contributed by atoms with Crippen molar-refractivity contribution in [2.45, 2.75) is 51.5 Å². The number of carbonyl (C=O) groups excluding carboxylic acids is 2. The standard InChI is InChI=1S/C20H28ClN3O2.ClH/c1-2-8-23-20(26)16-7-6-15(11-17(16)21)24-19(25)14-9-12-4-3-5-13(10-14)18(12)22;/h6-7,11-14,18H,2-5,8-10,22H2,1H3,(H,23,26)(H,24,25);1H. The summed E-state index contributed by atoms with van der Waals surface area (Å²) in [7, 11) is 0. The van der Waals surface area contributed by atoms with Crippen LogP contribution in [0.5, 0.6) is 0 Å². The minimum atomic E-state index is -0.191. The summed E-state index contributed by atoms with van der Waals surface area (Å²) in [5, 5.41) is 6.12. The van der Waals surface area contributed by atoms with E-state index in [4.69, 9.17) is 17.3 Å². The number of nitrogens with two attached hydrogens (primary N) is 1. The van der Waals surface area contributed by atoms with Crippen LogP contribution < -0.4 is 16.4 Å². The third kappa shape index (κ3) is 5.15. The Bertz CT molecular complexity index is 669. The average molecular weight is 414 g/mol. The topological polar surface area (TPSA) is 84.2 Å². The van der Waals surface area contributed by atoms with Gasteiger partial charge in [0.2, 0.25) is 5.91 Å². The molecular formula is C20H29Cl2N3O2. The Morgan fingerprint density at radius 1 is 1.22 bits per heavy atom. The van der Waals surface area contributed by atoms with Crippen LogP contribution in [0, 0.1) is 17.8 Å². The number of benzene rings is 1. The lowest BCUT2D eigenvalue weighted by Gasteiger charge is -2.43. The number of amides is 2. The van der Waals surface area contributed by atoms with Crippen molar-refractivity contribution >= 4 is 41.5 Å². The number of anilines is 1. The molecule has 2 saturated carbocycles. The summed E-state index contributed by atoms with van der Waals surface area (Å²) in [6.07, 6.45) is 6.10. The van der Waals surface area contributed by atoms with E-state index in [-0.39, 0.29) is 36.2 Å². The lowest BCUT2D eigenvalue weighted by molar-refractivity contribution is -0.122. The van der Waals surface area contributed by atoms with Gasteiger partial charge in [0.05, 0.1) is 10.6 Å². The molecule has 0 aliphatic heterocycles. The number of carbonyl (C=O) groups is 2. The van der Waals surface area contributed by atoms with Gasteiger partial charge in [0.15, 0.2) is 0 Å². The summed E-state index contributed by atoms with van der Waals surface area (Å²) in [6, 6.07) is 5.30. The van der Waals surface area contributed by atoms with Gasteiger partial charge >= 0.3 is 0 Å². The Morgan fingerprint density at radius 3 is 2.48 bits per heavy atom. The van der Waals surface area contributed by atoms with Crippen molar-refractivity contribution in [3.63, 3.8) is 0 Å². The van der Waals surface area contributed by atoms with Crippen LogP contribution in [0.2, 0.25) is 5.02 Å². The largest absolute Gasteiger partial charge is 0.352 e. The summed E-state index contributed by atoms with van der Waals surface area (Å²) in [5.41, 5.74) is 7.37. The van der Waals surface area contributed by atoms with Crippen molar-refractivity contribution in [1.29, 1.82) is 0 Å². The summed E-state index contributed by atoms with van der Waals surface area (Å²) >= 11 is 6.24. The summed E-state index contributed by atoms with van der Waals surface area (Å²) < 4.78 is 0. The van der Waals surface area contributed by atoms with E-state index < -0.39 is 0 Å². The molecule has 2 amide bonds. The van der Waals surface area contributed by atoms with Crippen molar-refractivity contribution in [3.8, 4) is 0 Å². The molecule has 1 aromatic rings. The second-order valence-corrected chi connectivity index (χ2v) is 8.04. The first-order valence-electron chi connectivity index (χ1n) is 9.63. The highest BCUT2D eigenvalue weighted by Gasteiger charge is 2.40. The molecule has 3 rings (SSSR count). The molecule has 7 heteroatoms. The first-order valence-corrected chi connectivity index (χ1v) is 10.0. The smallest absolute Gasteiger partial charge is 0.252 e. The van der Waals surface area contributed by atoms with E-state index in [0.717, 1.165) is 32.1 Å². The van der Waals surface area contributed by atoms with E-state index >= 15 is 0 Å². The molecule has 2 atom stereocenters. The Balaban J connectivity index is 0.00000261. The maximum absolute atomic E-state index is 12.7. The zero-order valence-corrected chi connectivity index (χ0v) is 17.2. The zero-order chi connectivity index (χ0) is 18.7. The van der Waals surface area contributed by atoms with Gasteiger partial charge in [0.25, 0.3) is 5.91 Å². The van der Waals surface area contributed by atoms with Crippen molar-refractivity contribution < 1.29 is 9.59 Å². The molecule has 2 aliphatic rings. The van der Waals surface area contributed by atoms with Crippen LogP contribution >= 0.6 is 24.0 Å². The number of nitrogens with one attached hydrogen (secondary N) is 2. The molecule has 0 radical (unpaired) electrons. The van der Waals surface area contributed by atoms with Gasteiger partial charge in [0.1, 0.15) is 0 Å². The first kappa shape index (κ1) is 22.0. The van der Waals surface area contributed by atoms with Gasteiger partial charge in [-0.2, -0.15) is 0 Å². The number of hydrogen-bond acceptors (Lipinski definition) is 3. The van der Waals surface area contributed by atoms with Crippen LogP contribution in [0.4, 0.5) is 5.69 Å². The first-order chi connectivity index (χ1) is 12.5. The van der Waals surface area contributed by atoms with Crippen molar-refractivity contribution in [2.75, 3.05) is 11.9 Å². The van der Waals surface area contributed by atoms with Crippen molar-refractivity contribution in [3.05, 3.63) is 28.8 Å². The fraction of sp³-hybridized carbons (Fsp3) is 0.600. The zero-order valence-electron chi connectivity index (χ0n) is 15.7. The minimum Gasteiger partial charge on any atom is -0.352 e. The fourth-order valence-corrected chi connectivity index (χ4v) is 4.62. The van der Waals surface area contributed by atoms with Gasteiger partial charge in [-0.1, -0.05) is 24.9 Å². The Kier molecular flexibility index (Phi) is 7.95. The second kappa shape index (κ2) is 9.76. The van der Waals surface area contributed by atoms with E-state index in [1.165, 1.54) is 6.42 Å². The van der Waals surface area contributed by atoms with Gasteiger partial charge in [-0.15, -0.1) is 12.4 Å². The maximum Gasteiger partial charge on any atom is 0.252 e. The monoisotopic (exact) mass is 413 g/mol. The lowest BCUT2D eigenvalue weighted by atomic mass is 9.65. The van der Waals surface area contributed by atoms with E-state index in [1.54, 1.807) is 18.2 Å². The lowest BCUT2D eigenvalue weighted by Crippen LogP contribution is -2.48. The second-order valence-electron chi connectivity index (χ2n) is 7.64. The molecule has 27 heavy (non-hydrogen) atoms. The minimum absolute atomic E-state index is 0. The highest BCUT2D eigenvalue weighted by molar-refractivity contribution is 6.34. The van der Waals surface area contributed by atoms with Crippen LogP contribution in [0.1, 0.15) is 55.8 Å². The summed E-state index contributed by atoms with van der Waals surface area (Å²) in [5.74, 6) is 0.784. The Morgan fingerprint density at radius 2 is 1.89 bits per heavy atom. The number of hydrogen-bond donors (Lipinski definition) is 3. The molecule has 5 nitrogen and oxygen atoms in total. The predicted molar refractivity (Wildman–Crippen MR) is 111 cm³/mol. The maximum atomic E-state index is 12.7. The summed E-state index contributed by atoms with van der Waals surface area (Å²) in [4.78, 5) is 24.8. The highest BCUT2D eigenvalue weighted by Crippen LogP contribution is 2.42. The van der Waals surface area contributed by atoms with Gasteiger partial charge in [-0.3, -0.25) is 9.59 Å². The molecule has 0 heterocycles. The van der Waals surface area contributed by atoms with E-state index in [9.17, 15) is 9.59 Å². The van der Waals surface area contributed by atoms with Gasteiger partial charge in [-0.05, 0) is 62.1 Å². The molecule has 0 aromatic heterocycles. The van der Waals surface area contributed by atoms with Gasteiger partial charge in [0, 0.05) is 24.2 Å². The van der Waals surface area contributed by atoms with E-state index in [1.807, 2.05) is 6.92 Å². The van der Waals surface area contributed by atoms with Crippen molar-refractivity contribution in [2.24, 2.45) is 23.5 Å². The molecule has 150 valence electrons. The van der Waals surface area contributed by atoms with Crippen LogP contribution in [0.15, 0.2) is 18.2 Å². The van der Waals surface area contributed by atoms with Crippen molar-refractivity contribution in [1.82, 2.24) is 5.32 Å². The molecule has 2 fully saturated rings. The molecule has 2 unspecified atom stereocenters. The van der Waals surface area contributed by atoms with Crippen LogP contribution in [0.3, 0.4) is 0 Å². The third-order valence-corrected chi connectivity index (χ3v) is 6.11. The van der Waals surface area contributed by atoms with Crippen LogP contribution in [-0.2, 0) is 4.79 Å². The molecular weight excluding hydrogens is 385 g/mol. The predicted octanol–water partition coefficient (Wildman–Crippen LogP) is 3.99. The number of fused-ring (bicyclic) bond motifs is 2. The molecule has 0 saturated heterocycles. The molecule has 0 spiro atoms. The normalized spacial score (nSPS) is 26.6. The van der Waals surface area contributed by atoms with E-state index in [0.29, 0.717) is 34.7 Å². The molecule has 1 aromatic carbocycles. The highest BCUT2D eigenvalue weighted by atomic mass is 35.5. The summed E-state index contributed by atoms with van der Waals surface area (Å²) in [6.45, 7) is 2.60.